The third-order valence-corrected chi connectivity index (χ3v) is 2.70. The van der Waals surface area contributed by atoms with Gasteiger partial charge in [0.2, 0.25) is 5.91 Å². The first kappa shape index (κ1) is 12.6. The first-order valence-electron chi connectivity index (χ1n) is 6.03. The molecule has 0 aliphatic heterocycles. The van der Waals surface area contributed by atoms with Crippen molar-refractivity contribution in [2.24, 2.45) is 5.73 Å². The van der Waals surface area contributed by atoms with Crippen molar-refractivity contribution in [2.75, 3.05) is 5.32 Å². The number of carbonyl (C=O) groups is 1. The van der Waals surface area contributed by atoms with Crippen molar-refractivity contribution >= 4 is 22.7 Å². The average Bonchev–Trinajstić information content (AvgIpc) is 2.68. The second-order valence-corrected chi connectivity index (χ2v) is 4.30. The normalized spacial score (nSPS) is 12.6. The Kier molecular flexibility index (Phi) is 3.62. The summed E-state index contributed by atoms with van der Waals surface area (Å²) in [5, 5.41) is 2.78. The Morgan fingerprint density at radius 3 is 3.06 bits per heavy atom. The summed E-state index contributed by atoms with van der Waals surface area (Å²) in [7, 11) is 0. The number of hydrogen-bond donors (Lipinski definition) is 2. The number of amides is 1. The SMILES string of the molecule is CCC[C@@H](N)C(=O)Nc1ccc2oc(C)nc2c1. The van der Waals surface area contributed by atoms with Crippen molar-refractivity contribution in [2.45, 2.75) is 32.7 Å². The minimum atomic E-state index is -0.468. The molecule has 0 bridgehead atoms. The summed E-state index contributed by atoms with van der Waals surface area (Å²) in [6, 6.07) is 4.88. The van der Waals surface area contributed by atoms with Crippen LogP contribution >= 0.6 is 0 Å². The zero-order chi connectivity index (χ0) is 13.1. The van der Waals surface area contributed by atoms with Crippen LogP contribution in [0.2, 0.25) is 0 Å². The van der Waals surface area contributed by atoms with E-state index in [1.165, 1.54) is 0 Å². The van der Waals surface area contributed by atoms with Gasteiger partial charge in [0.25, 0.3) is 0 Å². The van der Waals surface area contributed by atoms with Gasteiger partial charge in [-0.3, -0.25) is 4.79 Å². The molecule has 1 aromatic heterocycles. The zero-order valence-corrected chi connectivity index (χ0v) is 10.6. The van der Waals surface area contributed by atoms with Gasteiger partial charge in [-0.2, -0.15) is 0 Å². The van der Waals surface area contributed by atoms with E-state index in [-0.39, 0.29) is 5.91 Å². The number of carbonyl (C=O) groups excluding carboxylic acids is 1. The number of benzene rings is 1. The summed E-state index contributed by atoms with van der Waals surface area (Å²) in [6.45, 7) is 3.78. The average molecular weight is 247 g/mol. The number of hydrogen-bond acceptors (Lipinski definition) is 4. The Bertz CT molecular complexity index is 562. The van der Waals surface area contributed by atoms with Gasteiger partial charge in [-0.15, -0.1) is 0 Å². The van der Waals surface area contributed by atoms with Crippen LogP contribution in [0.25, 0.3) is 11.1 Å². The molecule has 0 saturated heterocycles. The van der Waals surface area contributed by atoms with Crippen LogP contribution in [0.15, 0.2) is 22.6 Å². The fourth-order valence-corrected chi connectivity index (χ4v) is 1.80. The molecule has 1 amide bonds. The number of fused-ring (bicyclic) bond motifs is 1. The van der Waals surface area contributed by atoms with Crippen molar-refractivity contribution in [3.8, 4) is 0 Å². The lowest BCUT2D eigenvalue weighted by molar-refractivity contribution is -0.117. The van der Waals surface area contributed by atoms with Crippen LogP contribution in [0.1, 0.15) is 25.7 Å². The van der Waals surface area contributed by atoms with Crippen molar-refractivity contribution in [3.63, 3.8) is 0 Å². The summed E-state index contributed by atoms with van der Waals surface area (Å²) in [5.41, 5.74) is 7.88. The van der Waals surface area contributed by atoms with Gasteiger partial charge in [-0.1, -0.05) is 13.3 Å². The number of nitrogens with one attached hydrogen (secondary N) is 1. The number of anilines is 1. The number of nitrogens with zero attached hydrogens (tertiary/aromatic N) is 1. The molecule has 0 spiro atoms. The summed E-state index contributed by atoms with van der Waals surface area (Å²) in [4.78, 5) is 16.0. The van der Waals surface area contributed by atoms with E-state index in [1.54, 1.807) is 25.1 Å². The molecule has 0 fully saturated rings. The largest absolute Gasteiger partial charge is 0.441 e. The summed E-state index contributed by atoms with van der Waals surface area (Å²) >= 11 is 0. The van der Waals surface area contributed by atoms with Crippen molar-refractivity contribution < 1.29 is 9.21 Å². The number of aryl methyl sites for hydroxylation is 1. The maximum absolute atomic E-state index is 11.8. The minimum Gasteiger partial charge on any atom is -0.441 e. The number of rotatable bonds is 4. The first-order valence-corrected chi connectivity index (χ1v) is 6.03. The monoisotopic (exact) mass is 247 g/mol. The molecule has 0 unspecified atom stereocenters. The minimum absolute atomic E-state index is 0.170. The van der Waals surface area contributed by atoms with Crippen molar-refractivity contribution in [3.05, 3.63) is 24.1 Å². The lowest BCUT2D eigenvalue weighted by Crippen LogP contribution is -2.35. The van der Waals surface area contributed by atoms with Gasteiger partial charge in [-0.05, 0) is 24.6 Å². The topological polar surface area (TPSA) is 81.2 Å². The van der Waals surface area contributed by atoms with E-state index in [0.717, 1.165) is 11.9 Å². The highest BCUT2D eigenvalue weighted by Gasteiger charge is 2.13. The third kappa shape index (κ3) is 2.68. The molecular weight excluding hydrogens is 230 g/mol. The van der Waals surface area contributed by atoms with Crippen LogP contribution in [-0.4, -0.2) is 16.9 Å². The molecule has 1 aromatic carbocycles. The van der Waals surface area contributed by atoms with Gasteiger partial charge < -0.3 is 15.5 Å². The second kappa shape index (κ2) is 5.18. The molecule has 3 N–H and O–H groups in total. The molecule has 0 aliphatic carbocycles. The van der Waals surface area contributed by atoms with Gasteiger partial charge in [0, 0.05) is 12.6 Å². The zero-order valence-electron chi connectivity index (χ0n) is 10.6. The van der Waals surface area contributed by atoms with E-state index in [0.29, 0.717) is 23.6 Å². The lowest BCUT2D eigenvalue weighted by Gasteiger charge is -2.10. The van der Waals surface area contributed by atoms with E-state index in [4.69, 9.17) is 10.2 Å². The smallest absolute Gasteiger partial charge is 0.241 e. The van der Waals surface area contributed by atoms with Gasteiger partial charge in [0.05, 0.1) is 6.04 Å². The molecule has 5 heteroatoms. The highest BCUT2D eigenvalue weighted by Crippen LogP contribution is 2.19. The van der Waals surface area contributed by atoms with Gasteiger partial charge in [0.15, 0.2) is 11.5 Å². The molecule has 0 saturated carbocycles. The van der Waals surface area contributed by atoms with Crippen LogP contribution in [0.4, 0.5) is 5.69 Å². The van der Waals surface area contributed by atoms with Crippen molar-refractivity contribution in [1.82, 2.24) is 4.98 Å². The molecule has 18 heavy (non-hydrogen) atoms. The fourth-order valence-electron chi connectivity index (χ4n) is 1.80. The highest BCUT2D eigenvalue weighted by atomic mass is 16.3. The third-order valence-electron chi connectivity index (χ3n) is 2.70. The molecule has 96 valence electrons. The summed E-state index contributed by atoms with van der Waals surface area (Å²) in [6.07, 6.45) is 1.56. The Morgan fingerprint density at radius 1 is 1.56 bits per heavy atom. The Balaban J connectivity index is 2.14. The van der Waals surface area contributed by atoms with Gasteiger partial charge >= 0.3 is 0 Å². The van der Waals surface area contributed by atoms with E-state index in [2.05, 4.69) is 10.3 Å². The Hall–Kier alpha value is -1.88. The predicted octanol–water partition coefficient (Wildman–Crippen LogP) is 2.20. The van der Waals surface area contributed by atoms with Crippen LogP contribution in [0, 0.1) is 6.92 Å². The number of oxazole rings is 1. The quantitative estimate of drug-likeness (QED) is 0.867. The molecule has 2 rings (SSSR count). The van der Waals surface area contributed by atoms with Crippen molar-refractivity contribution in [1.29, 1.82) is 0 Å². The predicted molar refractivity (Wildman–Crippen MR) is 70.3 cm³/mol. The maximum atomic E-state index is 11.8. The fraction of sp³-hybridized carbons (Fsp3) is 0.385. The van der Waals surface area contributed by atoms with E-state index < -0.39 is 6.04 Å². The first-order chi connectivity index (χ1) is 8.60. The van der Waals surface area contributed by atoms with E-state index in [1.807, 2.05) is 6.92 Å². The Labute approximate surface area is 105 Å². The van der Waals surface area contributed by atoms with Gasteiger partial charge in [0.1, 0.15) is 5.52 Å². The van der Waals surface area contributed by atoms with Crippen LogP contribution in [0.5, 0.6) is 0 Å². The highest BCUT2D eigenvalue weighted by molar-refractivity contribution is 5.96. The molecular formula is C13H17N3O2. The van der Waals surface area contributed by atoms with Crippen LogP contribution in [0.3, 0.4) is 0 Å². The summed E-state index contributed by atoms with van der Waals surface area (Å²) in [5.74, 6) is 0.438. The van der Waals surface area contributed by atoms with E-state index in [9.17, 15) is 4.79 Å². The molecule has 0 aliphatic rings. The number of aromatic nitrogens is 1. The van der Waals surface area contributed by atoms with Gasteiger partial charge in [-0.25, -0.2) is 4.98 Å². The Morgan fingerprint density at radius 2 is 2.33 bits per heavy atom. The number of nitrogens with two attached hydrogens (primary N) is 1. The second-order valence-electron chi connectivity index (χ2n) is 4.30. The summed E-state index contributed by atoms with van der Waals surface area (Å²) < 4.78 is 5.37. The van der Waals surface area contributed by atoms with Crippen LogP contribution in [-0.2, 0) is 4.79 Å². The van der Waals surface area contributed by atoms with E-state index >= 15 is 0 Å². The molecule has 0 radical (unpaired) electrons. The molecule has 2 aromatic rings. The molecule has 1 atom stereocenters. The molecule has 1 heterocycles. The molecule has 5 nitrogen and oxygen atoms in total. The van der Waals surface area contributed by atoms with Crippen LogP contribution < -0.4 is 11.1 Å². The maximum Gasteiger partial charge on any atom is 0.241 e. The lowest BCUT2D eigenvalue weighted by atomic mass is 10.1. The standard InChI is InChI=1S/C13H17N3O2/c1-3-4-10(14)13(17)16-9-5-6-12-11(7-9)15-8(2)18-12/h5-7,10H,3-4,14H2,1-2H3,(H,16,17)/t10-/m1/s1.